The number of nitro groups is 1. The minimum atomic E-state index is -1.20. The molecule has 7 heteroatoms. The lowest BCUT2D eigenvalue weighted by atomic mass is 9.88. The van der Waals surface area contributed by atoms with Crippen molar-refractivity contribution in [3.63, 3.8) is 0 Å². The van der Waals surface area contributed by atoms with E-state index in [1.54, 1.807) is 0 Å². The van der Waals surface area contributed by atoms with Crippen LogP contribution < -0.4 is 5.32 Å². The Morgan fingerprint density at radius 2 is 2.05 bits per heavy atom. The van der Waals surface area contributed by atoms with Crippen molar-refractivity contribution in [3.8, 4) is 0 Å². The minimum Gasteiger partial charge on any atom is -0.396 e. The number of anilines is 1. The van der Waals surface area contributed by atoms with Gasteiger partial charge in [0.05, 0.1) is 4.92 Å². The first-order valence-electron chi connectivity index (χ1n) is 6.25. The molecule has 0 saturated heterocycles. The normalized spacial score (nSPS) is 11.4. The molecule has 0 atom stereocenters. The summed E-state index contributed by atoms with van der Waals surface area (Å²) in [6.45, 7) is 4.16. The summed E-state index contributed by atoms with van der Waals surface area (Å²) in [4.78, 5) is 9.94. The number of nitro benzene ring substituents is 1. The lowest BCUT2D eigenvalue weighted by Gasteiger charge is -2.25. The zero-order chi connectivity index (χ0) is 15.3. The number of aliphatic hydroxyl groups is 1. The van der Waals surface area contributed by atoms with Crippen LogP contribution in [0.1, 0.15) is 26.7 Å². The predicted octanol–water partition coefficient (Wildman–Crippen LogP) is 3.08. The van der Waals surface area contributed by atoms with Crippen LogP contribution in [0.15, 0.2) is 12.1 Å². The molecule has 2 N–H and O–H groups in total. The fourth-order valence-electron chi connectivity index (χ4n) is 1.87. The molecule has 20 heavy (non-hydrogen) atoms. The fraction of sp³-hybridized carbons (Fsp3) is 0.538. The Hall–Kier alpha value is -1.76. The van der Waals surface area contributed by atoms with Gasteiger partial charge in [-0.3, -0.25) is 10.1 Å². The van der Waals surface area contributed by atoms with Gasteiger partial charge in [0, 0.05) is 25.3 Å². The molecule has 1 aromatic rings. The van der Waals surface area contributed by atoms with Crippen LogP contribution in [0.25, 0.3) is 0 Å². The van der Waals surface area contributed by atoms with E-state index < -0.39 is 22.2 Å². The molecule has 112 valence electrons. The summed E-state index contributed by atoms with van der Waals surface area (Å²) in [6, 6.07) is 1.39. The fourth-order valence-corrected chi connectivity index (χ4v) is 1.87. The van der Waals surface area contributed by atoms with Gasteiger partial charge in [0.25, 0.3) is 0 Å². The summed E-state index contributed by atoms with van der Waals surface area (Å²) < 4.78 is 26.6. The molecule has 0 unspecified atom stereocenters. The predicted molar refractivity (Wildman–Crippen MR) is 71.6 cm³/mol. The standard InChI is InChI=1S/C13H18F2N2O3/c1-13(2,4-3-5-18)8-16-11-7-9(14)6-10(15)12(11)17(19)20/h6-7,16,18H,3-5,8H2,1-2H3. The van der Waals surface area contributed by atoms with Crippen LogP contribution in [0.5, 0.6) is 0 Å². The van der Waals surface area contributed by atoms with Crippen molar-refractivity contribution < 1.29 is 18.8 Å². The van der Waals surface area contributed by atoms with Crippen molar-refractivity contribution in [1.29, 1.82) is 0 Å². The van der Waals surface area contributed by atoms with Gasteiger partial charge in [-0.25, -0.2) is 4.39 Å². The number of aliphatic hydroxyl groups excluding tert-OH is 1. The summed E-state index contributed by atoms with van der Waals surface area (Å²) in [5, 5.41) is 22.3. The topological polar surface area (TPSA) is 75.4 Å². The van der Waals surface area contributed by atoms with Gasteiger partial charge in [-0.05, 0) is 18.3 Å². The van der Waals surface area contributed by atoms with E-state index in [0.29, 0.717) is 25.5 Å². The van der Waals surface area contributed by atoms with Crippen LogP contribution in [-0.4, -0.2) is 23.2 Å². The van der Waals surface area contributed by atoms with E-state index >= 15 is 0 Å². The highest BCUT2D eigenvalue weighted by Crippen LogP contribution is 2.31. The molecule has 0 spiro atoms. The maximum absolute atomic E-state index is 13.4. The molecule has 5 nitrogen and oxygen atoms in total. The third-order valence-electron chi connectivity index (χ3n) is 2.98. The molecule has 0 heterocycles. The first-order valence-corrected chi connectivity index (χ1v) is 6.25. The molecule has 0 amide bonds. The molecule has 1 aromatic carbocycles. The number of nitrogens with one attached hydrogen (secondary N) is 1. The first kappa shape index (κ1) is 16.3. The summed E-state index contributed by atoms with van der Waals surface area (Å²) in [5.41, 5.74) is -1.20. The monoisotopic (exact) mass is 288 g/mol. The highest BCUT2D eigenvalue weighted by molar-refractivity contribution is 5.62. The Kier molecular flexibility index (Phi) is 5.38. The molecule has 0 aliphatic carbocycles. The zero-order valence-electron chi connectivity index (χ0n) is 11.4. The Morgan fingerprint density at radius 1 is 1.40 bits per heavy atom. The largest absolute Gasteiger partial charge is 0.396 e. The van der Waals surface area contributed by atoms with Crippen molar-refractivity contribution in [2.75, 3.05) is 18.5 Å². The highest BCUT2D eigenvalue weighted by atomic mass is 19.1. The maximum Gasteiger partial charge on any atom is 0.327 e. The van der Waals surface area contributed by atoms with Crippen molar-refractivity contribution in [2.45, 2.75) is 26.7 Å². The first-order chi connectivity index (χ1) is 9.26. The van der Waals surface area contributed by atoms with E-state index in [1.807, 2.05) is 13.8 Å². The maximum atomic E-state index is 13.4. The zero-order valence-corrected chi connectivity index (χ0v) is 11.4. The van der Waals surface area contributed by atoms with Crippen LogP contribution in [0.2, 0.25) is 0 Å². The molecule has 0 radical (unpaired) electrons. The summed E-state index contributed by atoms with van der Waals surface area (Å²) in [6.07, 6.45) is 1.27. The van der Waals surface area contributed by atoms with Crippen LogP contribution in [0.4, 0.5) is 20.2 Å². The van der Waals surface area contributed by atoms with Crippen molar-refractivity contribution in [3.05, 3.63) is 33.9 Å². The van der Waals surface area contributed by atoms with Crippen molar-refractivity contribution in [2.24, 2.45) is 5.41 Å². The number of hydrogen-bond donors (Lipinski definition) is 2. The average Bonchev–Trinajstić information content (AvgIpc) is 2.32. The lowest BCUT2D eigenvalue weighted by molar-refractivity contribution is -0.386. The van der Waals surface area contributed by atoms with Gasteiger partial charge >= 0.3 is 5.69 Å². The van der Waals surface area contributed by atoms with E-state index in [2.05, 4.69) is 5.32 Å². The van der Waals surface area contributed by atoms with Gasteiger partial charge in [-0.15, -0.1) is 0 Å². The highest BCUT2D eigenvalue weighted by Gasteiger charge is 2.24. The Labute approximate surface area is 115 Å². The second-order valence-corrected chi connectivity index (χ2v) is 5.39. The molecular formula is C13H18F2N2O3. The average molecular weight is 288 g/mol. The van der Waals surface area contributed by atoms with Crippen LogP contribution >= 0.6 is 0 Å². The van der Waals surface area contributed by atoms with Crippen LogP contribution in [0, 0.1) is 27.2 Å². The van der Waals surface area contributed by atoms with E-state index in [0.717, 1.165) is 6.07 Å². The molecular weight excluding hydrogens is 270 g/mol. The SMILES string of the molecule is CC(C)(CCCO)CNc1cc(F)cc(F)c1[N+](=O)[O-]. The van der Waals surface area contributed by atoms with Crippen LogP contribution in [0.3, 0.4) is 0 Å². The van der Waals surface area contributed by atoms with E-state index in [9.17, 15) is 18.9 Å². The van der Waals surface area contributed by atoms with E-state index in [4.69, 9.17) is 5.11 Å². The Balaban J connectivity index is 2.89. The molecule has 0 aliphatic rings. The van der Waals surface area contributed by atoms with E-state index in [1.165, 1.54) is 0 Å². The third kappa shape index (κ3) is 4.41. The summed E-state index contributed by atoms with van der Waals surface area (Å²) >= 11 is 0. The van der Waals surface area contributed by atoms with Gasteiger partial charge in [-0.1, -0.05) is 13.8 Å². The van der Waals surface area contributed by atoms with Gasteiger partial charge in [0.2, 0.25) is 5.82 Å². The molecule has 1 rings (SSSR count). The second-order valence-electron chi connectivity index (χ2n) is 5.39. The summed E-state index contributed by atoms with van der Waals surface area (Å²) in [7, 11) is 0. The number of benzene rings is 1. The van der Waals surface area contributed by atoms with Crippen molar-refractivity contribution >= 4 is 11.4 Å². The minimum absolute atomic E-state index is 0.0537. The number of hydrogen-bond acceptors (Lipinski definition) is 4. The summed E-state index contributed by atoms with van der Waals surface area (Å²) in [5.74, 6) is -2.07. The quantitative estimate of drug-likeness (QED) is 0.597. The number of nitrogens with zero attached hydrogens (tertiary/aromatic N) is 1. The van der Waals surface area contributed by atoms with Gasteiger partial charge in [0.15, 0.2) is 0 Å². The molecule has 0 bridgehead atoms. The number of halogens is 2. The molecule has 0 fully saturated rings. The third-order valence-corrected chi connectivity index (χ3v) is 2.98. The van der Waals surface area contributed by atoms with E-state index in [-0.39, 0.29) is 17.7 Å². The second kappa shape index (κ2) is 6.60. The van der Waals surface area contributed by atoms with Gasteiger partial charge < -0.3 is 10.4 Å². The van der Waals surface area contributed by atoms with Crippen LogP contribution in [-0.2, 0) is 0 Å². The molecule has 0 saturated carbocycles. The Bertz CT molecular complexity index is 493. The Morgan fingerprint density at radius 3 is 2.60 bits per heavy atom. The smallest absolute Gasteiger partial charge is 0.327 e. The van der Waals surface area contributed by atoms with Gasteiger partial charge in [-0.2, -0.15) is 4.39 Å². The molecule has 0 aromatic heterocycles. The van der Waals surface area contributed by atoms with Gasteiger partial charge in [0.1, 0.15) is 11.5 Å². The van der Waals surface area contributed by atoms with Crippen molar-refractivity contribution in [1.82, 2.24) is 0 Å². The lowest BCUT2D eigenvalue weighted by Crippen LogP contribution is -2.24. The number of rotatable bonds is 7. The molecule has 0 aliphatic heterocycles.